The minimum absolute atomic E-state index is 0.148. The van der Waals surface area contributed by atoms with Gasteiger partial charge in [-0.3, -0.25) is 14.7 Å². The molecule has 1 N–H and O–H groups in total. The summed E-state index contributed by atoms with van der Waals surface area (Å²) in [6.45, 7) is 3.30. The number of amides is 1. The van der Waals surface area contributed by atoms with Gasteiger partial charge in [-0.15, -0.1) is 0 Å². The lowest BCUT2D eigenvalue weighted by Gasteiger charge is -2.18. The number of carbonyl (C=O) groups excluding carboxylic acids is 1. The van der Waals surface area contributed by atoms with Crippen molar-refractivity contribution in [2.75, 3.05) is 19.6 Å². The van der Waals surface area contributed by atoms with E-state index in [0.717, 1.165) is 30.7 Å². The number of aromatic nitrogens is 1. The van der Waals surface area contributed by atoms with Gasteiger partial charge >= 0.3 is 0 Å². The van der Waals surface area contributed by atoms with Crippen molar-refractivity contribution in [3.8, 4) is 0 Å². The molecule has 1 aromatic rings. The molecule has 1 fully saturated rings. The molecule has 86 valence electrons. The fraction of sp³-hybridized carbons (Fsp3) is 0.455. The zero-order chi connectivity index (χ0) is 11.4. The molecule has 0 unspecified atom stereocenters. The van der Waals surface area contributed by atoms with Crippen LogP contribution < -0.4 is 5.32 Å². The third-order valence-electron chi connectivity index (χ3n) is 2.57. The number of hydrogen-bond donors (Lipinski definition) is 1. The summed E-state index contributed by atoms with van der Waals surface area (Å²) < 4.78 is 0.994. The fourth-order valence-electron chi connectivity index (χ4n) is 1.77. The Kier molecular flexibility index (Phi) is 3.90. The summed E-state index contributed by atoms with van der Waals surface area (Å²) in [4.78, 5) is 17.6. The van der Waals surface area contributed by atoms with Gasteiger partial charge in [0.1, 0.15) is 0 Å². The zero-order valence-electron chi connectivity index (χ0n) is 8.95. The Morgan fingerprint density at radius 3 is 3.12 bits per heavy atom. The second-order valence-corrected chi connectivity index (χ2v) is 4.80. The van der Waals surface area contributed by atoms with Crippen LogP contribution in [0.15, 0.2) is 22.9 Å². The quantitative estimate of drug-likeness (QED) is 0.886. The van der Waals surface area contributed by atoms with Gasteiger partial charge in [-0.25, -0.2) is 0 Å². The Balaban J connectivity index is 1.96. The van der Waals surface area contributed by atoms with Gasteiger partial charge in [-0.1, -0.05) is 0 Å². The average molecular weight is 284 g/mol. The van der Waals surface area contributed by atoms with Crippen molar-refractivity contribution in [2.45, 2.75) is 13.0 Å². The highest BCUT2D eigenvalue weighted by atomic mass is 79.9. The van der Waals surface area contributed by atoms with Gasteiger partial charge in [-0.2, -0.15) is 0 Å². The summed E-state index contributed by atoms with van der Waals surface area (Å²) in [6.07, 6.45) is 4.23. The highest BCUT2D eigenvalue weighted by molar-refractivity contribution is 9.10. The van der Waals surface area contributed by atoms with Crippen LogP contribution in [0.3, 0.4) is 0 Å². The molecule has 4 nitrogen and oxygen atoms in total. The van der Waals surface area contributed by atoms with Crippen molar-refractivity contribution in [1.29, 1.82) is 0 Å². The van der Waals surface area contributed by atoms with Crippen LogP contribution in [-0.2, 0) is 11.3 Å². The molecule has 0 atom stereocenters. The first kappa shape index (κ1) is 11.5. The Hall–Kier alpha value is -0.940. The maximum atomic E-state index is 11.2. The van der Waals surface area contributed by atoms with Crippen LogP contribution in [0.25, 0.3) is 0 Å². The maximum Gasteiger partial charge on any atom is 0.221 e. The van der Waals surface area contributed by atoms with Gasteiger partial charge in [-0.05, 0) is 27.6 Å². The van der Waals surface area contributed by atoms with E-state index in [1.165, 1.54) is 5.56 Å². The lowest BCUT2D eigenvalue weighted by molar-refractivity contribution is -0.120. The monoisotopic (exact) mass is 283 g/mol. The number of halogens is 1. The lowest BCUT2D eigenvalue weighted by atomic mass is 10.2. The van der Waals surface area contributed by atoms with E-state index in [-0.39, 0.29) is 5.91 Å². The van der Waals surface area contributed by atoms with E-state index < -0.39 is 0 Å². The molecule has 0 saturated carbocycles. The van der Waals surface area contributed by atoms with Crippen LogP contribution >= 0.6 is 15.9 Å². The molecule has 1 aliphatic rings. The Morgan fingerprint density at radius 2 is 2.31 bits per heavy atom. The second-order valence-electron chi connectivity index (χ2n) is 3.89. The van der Waals surface area contributed by atoms with Crippen LogP contribution in [0, 0.1) is 0 Å². The predicted octanol–water partition coefficient (Wildman–Crippen LogP) is 1.17. The fourth-order valence-corrected chi connectivity index (χ4v) is 2.18. The first-order chi connectivity index (χ1) is 7.74. The lowest BCUT2D eigenvalue weighted by Crippen LogP contribution is -2.28. The number of carbonyl (C=O) groups is 1. The Labute approximate surface area is 103 Å². The Morgan fingerprint density at radius 1 is 1.44 bits per heavy atom. The van der Waals surface area contributed by atoms with E-state index >= 15 is 0 Å². The van der Waals surface area contributed by atoms with E-state index in [1.54, 1.807) is 6.20 Å². The molecular weight excluding hydrogens is 270 g/mol. The van der Waals surface area contributed by atoms with Gasteiger partial charge in [0.2, 0.25) is 5.91 Å². The first-order valence-electron chi connectivity index (χ1n) is 5.32. The van der Waals surface area contributed by atoms with Crippen LogP contribution in [-0.4, -0.2) is 35.4 Å². The summed E-state index contributed by atoms with van der Waals surface area (Å²) >= 11 is 3.40. The van der Waals surface area contributed by atoms with E-state index in [0.29, 0.717) is 6.42 Å². The predicted molar refractivity (Wildman–Crippen MR) is 64.8 cm³/mol. The highest BCUT2D eigenvalue weighted by Gasteiger charge is 2.13. The average Bonchev–Trinajstić information content (AvgIpc) is 2.44. The number of nitrogens with zero attached hydrogens (tertiary/aromatic N) is 2. The molecule has 0 bridgehead atoms. The van der Waals surface area contributed by atoms with E-state index in [4.69, 9.17) is 0 Å². The minimum atomic E-state index is 0.148. The molecular formula is C11H14BrN3O. The summed E-state index contributed by atoms with van der Waals surface area (Å²) in [5, 5.41) is 2.87. The molecule has 2 rings (SSSR count). The molecule has 1 aromatic heterocycles. The van der Waals surface area contributed by atoms with Crippen molar-refractivity contribution in [3.63, 3.8) is 0 Å². The summed E-state index contributed by atoms with van der Waals surface area (Å²) in [5.41, 5.74) is 1.17. The van der Waals surface area contributed by atoms with Crippen LogP contribution in [0.2, 0.25) is 0 Å². The topological polar surface area (TPSA) is 45.2 Å². The SMILES string of the molecule is O=C1CCN(Cc2cncc(Br)c2)CCN1. The van der Waals surface area contributed by atoms with E-state index in [9.17, 15) is 4.79 Å². The van der Waals surface area contributed by atoms with Crippen LogP contribution in [0.1, 0.15) is 12.0 Å². The van der Waals surface area contributed by atoms with Crippen molar-refractivity contribution >= 4 is 21.8 Å². The highest BCUT2D eigenvalue weighted by Crippen LogP contribution is 2.12. The number of pyridine rings is 1. The molecule has 16 heavy (non-hydrogen) atoms. The third kappa shape index (κ3) is 3.28. The normalized spacial score (nSPS) is 17.9. The third-order valence-corrected chi connectivity index (χ3v) is 3.01. The smallest absolute Gasteiger partial charge is 0.221 e. The van der Waals surface area contributed by atoms with Gasteiger partial charge in [0.15, 0.2) is 0 Å². The molecule has 0 spiro atoms. The van der Waals surface area contributed by atoms with E-state index in [2.05, 4.69) is 37.2 Å². The summed E-state index contributed by atoms with van der Waals surface area (Å²) in [7, 11) is 0. The molecule has 0 aliphatic carbocycles. The molecule has 2 heterocycles. The van der Waals surface area contributed by atoms with Crippen molar-refractivity contribution in [1.82, 2.24) is 15.2 Å². The summed E-state index contributed by atoms with van der Waals surface area (Å²) in [6, 6.07) is 2.06. The van der Waals surface area contributed by atoms with Crippen LogP contribution in [0.5, 0.6) is 0 Å². The van der Waals surface area contributed by atoms with Crippen LogP contribution in [0.4, 0.5) is 0 Å². The number of nitrogens with one attached hydrogen (secondary N) is 1. The number of hydrogen-bond acceptors (Lipinski definition) is 3. The van der Waals surface area contributed by atoms with Gasteiger partial charge < -0.3 is 5.32 Å². The minimum Gasteiger partial charge on any atom is -0.355 e. The number of rotatable bonds is 2. The Bertz CT molecular complexity index is 383. The van der Waals surface area contributed by atoms with Crippen molar-refractivity contribution in [2.24, 2.45) is 0 Å². The van der Waals surface area contributed by atoms with E-state index in [1.807, 2.05) is 6.20 Å². The molecule has 1 saturated heterocycles. The molecule has 1 amide bonds. The van der Waals surface area contributed by atoms with Crippen molar-refractivity contribution in [3.05, 3.63) is 28.5 Å². The standard InChI is InChI=1S/C11H14BrN3O/c12-10-5-9(6-13-7-10)8-15-3-1-11(16)14-2-4-15/h5-7H,1-4,8H2,(H,14,16). The second kappa shape index (κ2) is 5.41. The van der Waals surface area contributed by atoms with Crippen molar-refractivity contribution < 1.29 is 4.79 Å². The maximum absolute atomic E-state index is 11.2. The van der Waals surface area contributed by atoms with Gasteiger partial charge in [0, 0.05) is 49.5 Å². The molecule has 1 aliphatic heterocycles. The summed E-state index contributed by atoms with van der Waals surface area (Å²) in [5.74, 6) is 0.148. The molecule has 0 aromatic carbocycles. The molecule has 0 radical (unpaired) electrons. The van der Waals surface area contributed by atoms with Gasteiger partial charge in [0.25, 0.3) is 0 Å². The zero-order valence-corrected chi connectivity index (χ0v) is 10.5. The molecule has 5 heteroatoms. The van der Waals surface area contributed by atoms with Gasteiger partial charge in [0.05, 0.1) is 0 Å². The largest absolute Gasteiger partial charge is 0.355 e. The first-order valence-corrected chi connectivity index (χ1v) is 6.12.